The Morgan fingerprint density at radius 2 is 2.28 bits per heavy atom. The molecule has 2 fully saturated rings. The van der Waals surface area contributed by atoms with Gasteiger partial charge in [0.1, 0.15) is 5.82 Å². The fourth-order valence-electron chi connectivity index (χ4n) is 3.22. The summed E-state index contributed by atoms with van der Waals surface area (Å²) in [5, 5.41) is 3.66. The van der Waals surface area contributed by atoms with E-state index >= 15 is 0 Å². The van der Waals surface area contributed by atoms with E-state index in [1.54, 1.807) is 6.07 Å². The Kier molecular flexibility index (Phi) is 3.31. The number of benzene rings is 1. The van der Waals surface area contributed by atoms with Gasteiger partial charge in [0.2, 0.25) is 0 Å². The van der Waals surface area contributed by atoms with Crippen LogP contribution < -0.4 is 5.32 Å². The molecule has 2 nitrogen and oxygen atoms in total. The minimum Gasteiger partial charge on any atom is -0.316 e. The molecule has 1 spiro atoms. The van der Waals surface area contributed by atoms with Gasteiger partial charge in [0, 0.05) is 25.2 Å². The van der Waals surface area contributed by atoms with E-state index in [0.717, 1.165) is 26.2 Å². The average Bonchev–Trinajstić information content (AvgIpc) is 2.97. The smallest absolute Gasteiger partial charge is 0.146 e. The van der Waals surface area contributed by atoms with Gasteiger partial charge in [0.25, 0.3) is 0 Å². The molecule has 1 aromatic carbocycles. The summed E-state index contributed by atoms with van der Waals surface area (Å²) in [6, 6.07) is 5.26. The molecule has 18 heavy (non-hydrogen) atoms. The van der Waals surface area contributed by atoms with E-state index in [1.165, 1.54) is 12.8 Å². The van der Waals surface area contributed by atoms with Crippen LogP contribution in [0.4, 0.5) is 4.39 Å². The van der Waals surface area contributed by atoms with Gasteiger partial charge in [0.15, 0.2) is 0 Å². The fraction of sp³-hybridized carbons (Fsp3) is 0.571. The molecule has 4 heteroatoms. The van der Waals surface area contributed by atoms with E-state index in [4.69, 9.17) is 11.6 Å². The zero-order valence-electron chi connectivity index (χ0n) is 10.4. The van der Waals surface area contributed by atoms with Crippen LogP contribution in [0.25, 0.3) is 0 Å². The van der Waals surface area contributed by atoms with E-state index < -0.39 is 0 Å². The maximum absolute atomic E-state index is 13.9. The van der Waals surface area contributed by atoms with Crippen LogP contribution in [0, 0.1) is 11.2 Å². The molecular formula is C14H18ClFN2. The van der Waals surface area contributed by atoms with Gasteiger partial charge >= 0.3 is 0 Å². The number of halogens is 2. The Balaban J connectivity index is 1.69. The van der Waals surface area contributed by atoms with E-state index in [1.807, 2.05) is 12.1 Å². The first-order valence-electron chi connectivity index (χ1n) is 6.55. The highest BCUT2D eigenvalue weighted by Gasteiger charge is 2.40. The van der Waals surface area contributed by atoms with Crippen molar-refractivity contribution in [2.75, 3.05) is 26.2 Å². The lowest BCUT2D eigenvalue weighted by Crippen LogP contribution is -2.29. The van der Waals surface area contributed by atoms with Crippen LogP contribution in [0.3, 0.4) is 0 Å². The highest BCUT2D eigenvalue weighted by Crippen LogP contribution is 2.36. The third-order valence-electron chi connectivity index (χ3n) is 4.28. The van der Waals surface area contributed by atoms with Crippen molar-refractivity contribution in [3.05, 3.63) is 34.6 Å². The van der Waals surface area contributed by atoms with Gasteiger partial charge in [0.05, 0.1) is 5.02 Å². The normalized spacial score (nSPS) is 28.3. The molecule has 2 heterocycles. The van der Waals surface area contributed by atoms with Crippen molar-refractivity contribution in [3.8, 4) is 0 Å². The van der Waals surface area contributed by atoms with Crippen LogP contribution in [-0.2, 0) is 6.54 Å². The summed E-state index contributed by atoms with van der Waals surface area (Å²) in [5.41, 5.74) is 1.15. The molecule has 1 atom stereocenters. The highest BCUT2D eigenvalue weighted by atomic mass is 35.5. The van der Waals surface area contributed by atoms with Crippen molar-refractivity contribution in [2.45, 2.75) is 19.4 Å². The Morgan fingerprint density at radius 3 is 3.06 bits per heavy atom. The van der Waals surface area contributed by atoms with E-state index in [-0.39, 0.29) is 10.8 Å². The second-order valence-corrected chi connectivity index (χ2v) is 6.01. The molecule has 1 unspecified atom stereocenters. The maximum Gasteiger partial charge on any atom is 0.146 e. The molecule has 0 amide bonds. The largest absolute Gasteiger partial charge is 0.316 e. The Labute approximate surface area is 112 Å². The predicted octanol–water partition coefficient (Wildman–Crippen LogP) is 2.66. The molecule has 2 aliphatic heterocycles. The monoisotopic (exact) mass is 268 g/mol. The van der Waals surface area contributed by atoms with Crippen LogP contribution >= 0.6 is 11.6 Å². The van der Waals surface area contributed by atoms with Gasteiger partial charge in [-0.2, -0.15) is 0 Å². The van der Waals surface area contributed by atoms with E-state index in [9.17, 15) is 4.39 Å². The lowest BCUT2D eigenvalue weighted by Gasteiger charge is -2.23. The van der Waals surface area contributed by atoms with Crippen molar-refractivity contribution in [2.24, 2.45) is 5.41 Å². The lowest BCUT2D eigenvalue weighted by molar-refractivity contribution is 0.266. The van der Waals surface area contributed by atoms with Gasteiger partial charge in [-0.15, -0.1) is 0 Å². The fourth-order valence-corrected chi connectivity index (χ4v) is 3.41. The van der Waals surface area contributed by atoms with Crippen molar-refractivity contribution < 1.29 is 4.39 Å². The second-order valence-electron chi connectivity index (χ2n) is 5.60. The molecule has 0 aliphatic carbocycles. The molecule has 0 radical (unpaired) electrons. The van der Waals surface area contributed by atoms with Crippen LogP contribution in [0.15, 0.2) is 18.2 Å². The summed E-state index contributed by atoms with van der Waals surface area (Å²) in [6.07, 6.45) is 2.48. The highest BCUT2D eigenvalue weighted by molar-refractivity contribution is 6.30. The molecular weight excluding hydrogens is 251 g/mol. The SMILES string of the molecule is Fc1c(Cl)cccc1CN1CCC2(CCNC2)C1. The van der Waals surface area contributed by atoms with Gasteiger partial charge in [-0.3, -0.25) is 4.90 Å². The molecule has 0 saturated carbocycles. The summed E-state index contributed by atoms with van der Waals surface area (Å²) >= 11 is 5.82. The number of rotatable bonds is 2. The summed E-state index contributed by atoms with van der Waals surface area (Å²) in [7, 11) is 0. The quantitative estimate of drug-likeness (QED) is 0.887. The Hall–Kier alpha value is -0.640. The van der Waals surface area contributed by atoms with Gasteiger partial charge in [-0.25, -0.2) is 4.39 Å². The standard InChI is InChI=1S/C14H18ClFN2/c15-12-3-1-2-11(13(12)16)8-18-7-5-14(10-18)4-6-17-9-14/h1-3,17H,4-10H2. The van der Waals surface area contributed by atoms with Crippen molar-refractivity contribution in [3.63, 3.8) is 0 Å². The first-order valence-corrected chi connectivity index (χ1v) is 6.92. The molecule has 1 aromatic rings. The minimum absolute atomic E-state index is 0.226. The van der Waals surface area contributed by atoms with Crippen LogP contribution in [-0.4, -0.2) is 31.1 Å². The summed E-state index contributed by atoms with van der Waals surface area (Å²) in [5.74, 6) is -0.260. The molecule has 2 aliphatic rings. The molecule has 3 rings (SSSR count). The summed E-state index contributed by atoms with van der Waals surface area (Å²) in [6.45, 7) is 5.05. The number of nitrogens with zero attached hydrogens (tertiary/aromatic N) is 1. The number of hydrogen-bond donors (Lipinski definition) is 1. The molecule has 98 valence electrons. The van der Waals surface area contributed by atoms with Crippen LogP contribution in [0.1, 0.15) is 18.4 Å². The van der Waals surface area contributed by atoms with E-state index in [0.29, 0.717) is 17.5 Å². The Morgan fingerprint density at radius 1 is 1.39 bits per heavy atom. The van der Waals surface area contributed by atoms with Crippen LogP contribution in [0.5, 0.6) is 0 Å². The summed E-state index contributed by atoms with van der Waals surface area (Å²) < 4.78 is 13.9. The van der Waals surface area contributed by atoms with E-state index in [2.05, 4.69) is 10.2 Å². The molecule has 1 N–H and O–H groups in total. The van der Waals surface area contributed by atoms with Gasteiger partial charge < -0.3 is 5.32 Å². The van der Waals surface area contributed by atoms with Gasteiger partial charge in [-0.05, 0) is 37.4 Å². The third kappa shape index (κ3) is 2.27. The number of hydrogen-bond acceptors (Lipinski definition) is 2. The summed E-state index contributed by atoms with van der Waals surface area (Å²) in [4.78, 5) is 2.35. The maximum atomic E-state index is 13.9. The van der Waals surface area contributed by atoms with Gasteiger partial charge in [-0.1, -0.05) is 23.7 Å². The molecule has 0 bridgehead atoms. The molecule has 2 saturated heterocycles. The van der Waals surface area contributed by atoms with Crippen molar-refractivity contribution >= 4 is 11.6 Å². The predicted molar refractivity (Wildman–Crippen MR) is 71.2 cm³/mol. The topological polar surface area (TPSA) is 15.3 Å². The van der Waals surface area contributed by atoms with Crippen molar-refractivity contribution in [1.82, 2.24) is 10.2 Å². The number of likely N-dealkylation sites (tertiary alicyclic amines) is 1. The minimum atomic E-state index is -0.260. The average molecular weight is 269 g/mol. The number of nitrogens with one attached hydrogen (secondary N) is 1. The second kappa shape index (κ2) is 4.80. The van der Waals surface area contributed by atoms with Crippen LogP contribution in [0.2, 0.25) is 5.02 Å². The van der Waals surface area contributed by atoms with Crippen molar-refractivity contribution in [1.29, 1.82) is 0 Å². The zero-order chi connectivity index (χ0) is 12.6. The zero-order valence-corrected chi connectivity index (χ0v) is 11.1. The first kappa shape index (κ1) is 12.4. The molecule has 0 aromatic heterocycles. The first-order chi connectivity index (χ1) is 8.69. The Bertz CT molecular complexity index is 443. The third-order valence-corrected chi connectivity index (χ3v) is 4.57. The lowest BCUT2D eigenvalue weighted by atomic mass is 9.86.